The molecular formula is C12H14N4. The smallest absolute Gasteiger partial charge is 0.104 e. The average molecular weight is 214 g/mol. The van der Waals surface area contributed by atoms with Gasteiger partial charge in [-0.2, -0.15) is 5.26 Å². The molecule has 2 rings (SSSR count). The van der Waals surface area contributed by atoms with Crippen LogP contribution in [0.2, 0.25) is 0 Å². The van der Waals surface area contributed by atoms with Crippen molar-refractivity contribution in [1.29, 1.82) is 5.26 Å². The summed E-state index contributed by atoms with van der Waals surface area (Å²) in [6.07, 6.45) is 0. The second-order valence-electron chi connectivity index (χ2n) is 3.91. The highest BCUT2D eigenvalue weighted by atomic mass is 14.9. The van der Waals surface area contributed by atoms with E-state index in [0.29, 0.717) is 6.54 Å². The van der Waals surface area contributed by atoms with E-state index in [-0.39, 0.29) is 6.04 Å². The van der Waals surface area contributed by atoms with E-state index in [1.54, 1.807) is 0 Å². The van der Waals surface area contributed by atoms with Crippen molar-refractivity contribution in [1.82, 2.24) is 15.3 Å². The van der Waals surface area contributed by atoms with Crippen molar-refractivity contribution in [2.75, 3.05) is 0 Å². The largest absolute Gasteiger partial charge is 0.342 e. The molecule has 1 atom stereocenters. The molecule has 4 nitrogen and oxygen atoms in total. The average Bonchev–Trinajstić information content (AvgIpc) is 2.65. The van der Waals surface area contributed by atoms with Gasteiger partial charge in [0.1, 0.15) is 5.82 Å². The molecule has 0 fully saturated rings. The summed E-state index contributed by atoms with van der Waals surface area (Å²) in [6.45, 7) is 4.48. The van der Waals surface area contributed by atoms with Crippen LogP contribution in [-0.2, 0) is 6.54 Å². The van der Waals surface area contributed by atoms with Crippen molar-refractivity contribution >= 4 is 11.0 Å². The third-order valence-electron chi connectivity index (χ3n) is 2.47. The summed E-state index contributed by atoms with van der Waals surface area (Å²) in [6, 6.07) is 8.10. The summed E-state index contributed by atoms with van der Waals surface area (Å²) in [5, 5.41) is 11.8. The number of rotatable bonds is 3. The maximum absolute atomic E-state index is 8.66. The maximum Gasteiger partial charge on any atom is 0.104 e. The van der Waals surface area contributed by atoms with Crippen LogP contribution < -0.4 is 5.32 Å². The van der Waals surface area contributed by atoms with Crippen molar-refractivity contribution < 1.29 is 0 Å². The van der Waals surface area contributed by atoms with Crippen LogP contribution in [0.15, 0.2) is 18.2 Å². The molecule has 0 radical (unpaired) electrons. The monoisotopic (exact) mass is 214 g/mol. The molecule has 0 saturated heterocycles. The van der Waals surface area contributed by atoms with Crippen molar-refractivity contribution in [3.8, 4) is 6.07 Å². The quantitative estimate of drug-likeness (QED) is 0.819. The fourth-order valence-corrected chi connectivity index (χ4v) is 1.61. The first-order valence-electron chi connectivity index (χ1n) is 5.27. The normalized spacial score (nSPS) is 12.6. The molecule has 1 heterocycles. The molecule has 1 aromatic heterocycles. The SMILES string of the molecule is Cc1nc2ccc(CNC(C)C#N)cc2[nH]1. The number of aromatic nitrogens is 2. The number of H-pyrrole nitrogens is 1. The van der Waals surface area contributed by atoms with Gasteiger partial charge in [-0.3, -0.25) is 5.32 Å². The van der Waals surface area contributed by atoms with E-state index in [0.717, 1.165) is 22.4 Å². The zero-order chi connectivity index (χ0) is 11.5. The number of aryl methyl sites for hydroxylation is 1. The number of hydrogen-bond donors (Lipinski definition) is 2. The van der Waals surface area contributed by atoms with Crippen LogP contribution in [0, 0.1) is 18.3 Å². The Morgan fingerprint density at radius 3 is 3.12 bits per heavy atom. The van der Waals surface area contributed by atoms with Gasteiger partial charge < -0.3 is 4.98 Å². The van der Waals surface area contributed by atoms with E-state index in [1.165, 1.54) is 0 Å². The van der Waals surface area contributed by atoms with E-state index < -0.39 is 0 Å². The molecule has 0 amide bonds. The van der Waals surface area contributed by atoms with Gasteiger partial charge in [0, 0.05) is 6.54 Å². The molecule has 2 aromatic rings. The van der Waals surface area contributed by atoms with Gasteiger partial charge in [0.25, 0.3) is 0 Å². The van der Waals surface area contributed by atoms with Gasteiger partial charge in [-0.1, -0.05) is 6.07 Å². The number of benzene rings is 1. The topological polar surface area (TPSA) is 64.5 Å². The Morgan fingerprint density at radius 1 is 1.56 bits per heavy atom. The van der Waals surface area contributed by atoms with E-state index in [2.05, 4.69) is 27.4 Å². The van der Waals surface area contributed by atoms with Crippen LogP contribution in [-0.4, -0.2) is 16.0 Å². The molecule has 0 bridgehead atoms. The summed E-state index contributed by atoms with van der Waals surface area (Å²) >= 11 is 0. The minimum atomic E-state index is -0.126. The Labute approximate surface area is 94.3 Å². The Hall–Kier alpha value is -1.86. The van der Waals surface area contributed by atoms with Gasteiger partial charge in [-0.15, -0.1) is 0 Å². The third kappa shape index (κ3) is 2.20. The van der Waals surface area contributed by atoms with E-state index in [9.17, 15) is 0 Å². The first kappa shape index (κ1) is 10.7. The van der Waals surface area contributed by atoms with E-state index in [1.807, 2.05) is 26.0 Å². The Kier molecular flexibility index (Phi) is 2.88. The number of imidazole rings is 1. The molecule has 16 heavy (non-hydrogen) atoms. The maximum atomic E-state index is 8.66. The van der Waals surface area contributed by atoms with Crippen LogP contribution >= 0.6 is 0 Å². The Bertz CT molecular complexity index is 535. The standard InChI is InChI=1S/C12H14N4/c1-8(6-13)14-7-10-3-4-11-12(5-10)16-9(2)15-11/h3-5,8,14H,7H2,1-2H3,(H,15,16). The van der Waals surface area contributed by atoms with Crippen molar-refractivity contribution in [2.24, 2.45) is 0 Å². The molecule has 0 saturated carbocycles. The van der Waals surface area contributed by atoms with Gasteiger partial charge >= 0.3 is 0 Å². The van der Waals surface area contributed by atoms with Crippen LogP contribution in [0.5, 0.6) is 0 Å². The van der Waals surface area contributed by atoms with Crippen molar-refractivity contribution in [3.63, 3.8) is 0 Å². The molecule has 1 aromatic carbocycles. The van der Waals surface area contributed by atoms with Crippen LogP contribution in [0.25, 0.3) is 11.0 Å². The predicted molar refractivity (Wildman–Crippen MR) is 62.7 cm³/mol. The first-order chi connectivity index (χ1) is 7.69. The minimum Gasteiger partial charge on any atom is -0.342 e. The highest BCUT2D eigenvalue weighted by molar-refractivity contribution is 5.75. The van der Waals surface area contributed by atoms with Gasteiger partial charge in [-0.25, -0.2) is 4.98 Å². The number of nitrogens with one attached hydrogen (secondary N) is 2. The van der Waals surface area contributed by atoms with Crippen molar-refractivity contribution in [2.45, 2.75) is 26.4 Å². The number of hydrogen-bond acceptors (Lipinski definition) is 3. The number of nitriles is 1. The van der Waals surface area contributed by atoms with Crippen LogP contribution in [0.3, 0.4) is 0 Å². The second-order valence-corrected chi connectivity index (χ2v) is 3.91. The summed E-state index contributed by atoms with van der Waals surface area (Å²) in [7, 11) is 0. The lowest BCUT2D eigenvalue weighted by Gasteiger charge is -2.05. The molecule has 0 aliphatic heterocycles. The molecule has 4 heteroatoms. The minimum absolute atomic E-state index is 0.126. The van der Waals surface area contributed by atoms with Gasteiger partial charge in [0.2, 0.25) is 0 Å². The summed E-state index contributed by atoms with van der Waals surface area (Å²) in [4.78, 5) is 7.53. The van der Waals surface area contributed by atoms with E-state index >= 15 is 0 Å². The number of fused-ring (bicyclic) bond motifs is 1. The predicted octanol–water partition coefficient (Wildman–Crippen LogP) is 1.87. The Balaban J connectivity index is 2.16. The highest BCUT2D eigenvalue weighted by Crippen LogP contribution is 2.13. The first-order valence-corrected chi connectivity index (χ1v) is 5.27. The third-order valence-corrected chi connectivity index (χ3v) is 2.47. The molecule has 0 spiro atoms. The lowest BCUT2D eigenvalue weighted by atomic mass is 10.2. The molecule has 1 unspecified atom stereocenters. The zero-order valence-electron chi connectivity index (χ0n) is 9.41. The lowest BCUT2D eigenvalue weighted by Crippen LogP contribution is -2.23. The second kappa shape index (κ2) is 4.33. The van der Waals surface area contributed by atoms with Crippen molar-refractivity contribution in [3.05, 3.63) is 29.6 Å². The molecular weight excluding hydrogens is 200 g/mol. The lowest BCUT2D eigenvalue weighted by molar-refractivity contribution is 0.642. The Morgan fingerprint density at radius 2 is 2.38 bits per heavy atom. The number of nitrogens with zero attached hydrogens (tertiary/aromatic N) is 2. The number of aromatic amines is 1. The van der Waals surface area contributed by atoms with Gasteiger partial charge in [-0.05, 0) is 31.5 Å². The summed E-state index contributed by atoms with van der Waals surface area (Å²) < 4.78 is 0. The zero-order valence-corrected chi connectivity index (χ0v) is 9.41. The van der Waals surface area contributed by atoms with Gasteiger partial charge in [0.15, 0.2) is 0 Å². The molecule has 2 N–H and O–H groups in total. The summed E-state index contributed by atoms with van der Waals surface area (Å²) in [5.74, 6) is 0.922. The van der Waals surface area contributed by atoms with Crippen LogP contribution in [0.4, 0.5) is 0 Å². The van der Waals surface area contributed by atoms with Crippen LogP contribution in [0.1, 0.15) is 18.3 Å². The van der Waals surface area contributed by atoms with E-state index in [4.69, 9.17) is 5.26 Å². The molecule has 0 aliphatic rings. The highest BCUT2D eigenvalue weighted by Gasteiger charge is 2.02. The van der Waals surface area contributed by atoms with Gasteiger partial charge in [0.05, 0.1) is 23.1 Å². The fraction of sp³-hybridized carbons (Fsp3) is 0.333. The fourth-order valence-electron chi connectivity index (χ4n) is 1.61. The summed E-state index contributed by atoms with van der Waals surface area (Å²) in [5.41, 5.74) is 3.18. The molecule has 0 aliphatic carbocycles. The molecule has 82 valence electrons.